The number of hydrogen-bond acceptors (Lipinski definition) is 5. The van der Waals surface area contributed by atoms with Gasteiger partial charge in [-0.05, 0) is 45.2 Å². The number of primary amides is 1. The van der Waals surface area contributed by atoms with Crippen molar-refractivity contribution in [1.82, 2.24) is 9.88 Å². The second-order valence-electron chi connectivity index (χ2n) is 6.34. The van der Waals surface area contributed by atoms with Crippen molar-refractivity contribution in [2.75, 3.05) is 5.75 Å². The fraction of sp³-hybridized carbons (Fsp3) is 0.562. The first-order valence-corrected chi connectivity index (χ1v) is 9.79. The van der Waals surface area contributed by atoms with Gasteiger partial charge >= 0.3 is 0 Å². The van der Waals surface area contributed by atoms with Gasteiger partial charge in [0, 0.05) is 12.1 Å². The SMILES string of the molecule is C[C@@H]1CCC[C@H](C)N1C(=O)CS(=O)(=O)Cc1cccc(C(N)=O)n1. The summed E-state index contributed by atoms with van der Waals surface area (Å²) in [5.41, 5.74) is 5.36. The van der Waals surface area contributed by atoms with E-state index < -0.39 is 27.3 Å². The Labute approximate surface area is 142 Å². The molecule has 0 unspecified atom stereocenters. The van der Waals surface area contributed by atoms with Gasteiger partial charge in [-0.3, -0.25) is 9.59 Å². The van der Waals surface area contributed by atoms with E-state index in [4.69, 9.17) is 5.73 Å². The highest BCUT2D eigenvalue weighted by Gasteiger charge is 2.31. The highest BCUT2D eigenvalue weighted by Crippen LogP contribution is 2.23. The zero-order valence-corrected chi connectivity index (χ0v) is 14.8. The van der Waals surface area contributed by atoms with Crippen molar-refractivity contribution in [2.45, 2.75) is 50.9 Å². The smallest absolute Gasteiger partial charge is 0.267 e. The van der Waals surface area contributed by atoms with Gasteiger partial charge < -0.3 is 10.6 Å². The molecule has 1 fully saturated rings. The average Bonchev–Trinajstić information content (AvgIpc) is 2.46. The molecule has 7 nitrogen and oxygen atoms in total. The normalized spacial score (nSPS) is 21.5. The summed E-state index contributed by atoms with van der Waals surface area (Å²) in [6, 6.07) is 4.54. The van der Waals surface area contributed by atoms with Crippen LogP contribution >= 0.6 is 0 Å². The highest BCUT2D eigenvalue weighted by molar-refractivity contribution is 7.91. The molecule has 0 spiro atoms. The third-order valence-electron chi connectivity index (χ3n) is 4.25. The van der Waals surface area contributed by atoms with Gasteiger partial charge in [0.05, 0.1) is 11.4 Å². The van der Waals surface area contributed by atoms with E-state index in [1.165, 1.54) is 18.2 Å². The average molecular weight is 353 g/mol. The first-order chi connectivity index (χ1) is 11.2. The molecule has 2 atom stereocenters. The zero-order chi connectivity index (χ0) is 17.9. The summed E-state index contributed by atoms with van der Waals surface area (Å²) in [7, 11) is -3.68. The molecule has 1 aromatic heterocycles. The van der Waals surface area contributed by atoms with E-state index in [0.717, 1.165) is 19.3 Å². The van der Waals surface area contributed by atoms with Gasteiger partial charge in [0.15, 0.2) is 9.84 Å². The van der Waals surface area contributed by atoms with Crippen molar-refractivity contribution in [1.29, 1.82) is 0 Å². The topological polar surface area (TPSA) is 110 Å². The Morgan fingerprint density at radius 3 is 2.46 bits per heavy atom. The van der Waals surface area contributed by atoms with Gasteiger partial charge in [-0.25, -0.2) is 13.4 Å². The molecule has 0 bridgehead atoms. The molecule has 1 aliphatic rings. The van der Waals surface area contributed by atoms with Crippen LogP contribution in [0.3, 0.4) is 0 Å². The van der Waals surface area contributed by atoms with Crippen LogP contribution in [0, 0.1) is 0 Å². The largest absolute Gasteiger partial charge is 0.364 e. The molecule has 2 rings (SSSR count). The summed E-state index contributed by atoms with van der Waals surface area (Å²) in [5.74, 6) is -2.04. The molecule has 0 radical (unpaired) electrons. The van der Waals surface area contributed by atoms with Gasteiger partial charge in [-0.2, -0.15) is 0 Å². The number of amides is 2. The monoisotopic (exact) mass is 353 g/mol. The molecular weight excluding hydrogens is 330 g/mol. The number of nitrogens with zero attached hydrogens (tertiary/aromatic N) is 2. The fourth-order valence-corrected chi connectivity index (χ4v) is 4.39. The number of carbonyl (C=O) groups excluding carboxylic acids is 2. The number of sulfone groups is 1. The van der Waals surface area contributed by atoms with Crippen LogP contribution in [0.25, 0.3) is 0 Å². The first kappa shape index (κ1) is 18.4. The van der Waals surface area contributed by atoms with Crippen molar-refractivity contribution in [3.05, 3.63) is 29.6 Å². The number of aromatic nitrogens is 1. The maximum atomic E-state index is 12.5. The van der Waals surface area contributed by atoms with E-state index in [-0.39, 0.29) is 29.4 Å². The summed E-state index contributed by atoms with van der Waals surface area (Å²) < 4.78 is 24.7. The maximum absolute atomic E-state index is 12.5. The predicted octanol–water partition coefficient (Wildman–Crippen LogP) is 0.885. The van der Waals surface area contributed by atoms with E-state index in [1.807, 2.05) is 13.8 Å². The number of hydrogen-bond donors (Lipinski definition) is 1. The lowest BCUT2D eigenvalue weighted by atomic mass is 9.98. The molecule has 1 aliphatic heterocycles. The molecule has 132 valence electrons. The third-order valence-corrected chi connectivity index (χ3v) is 5.67. The van der Waals surface area contributed by atoms with Gasteiger partial charge in [-0.1, -0.05) is 6.07 Å². The van der Waals surface area contributed by atoms with Crippen LogP contribution in [0.2, 0.25) is 0 Å². The maximum Gasteiger partial charge on any atom is 0.267 e. The predicted molar refractivity (Wildman–Crippen MR) is 89.9 cm³/mol. The van der Waals surface area contributed by atoms with Crippen LogP contribution in [-0.2, 0) is 20.4 Å². The van der Waals surface area contributed by atoms with Crippen LogP contribution in [-0.4, -0.2) is 48.0 Å². The molecule has 0 aromatic carbocycles. The highest BCUT2D eigenvalue weighted by atomic mass is 32.2. The van der Waals surface area contributed by atoms with Gasteiger partial charge in [0.25, 0.3) is 5.91 Å². The van der Waals surface area contributed by atoms with Crippen LogP contribution in [0.15, 0.2) is 18.2 Å². The molecule has 2 amide bonds. The minimum atomic E-state index is -3.68. The van der Waals surface area contributed by atoms with Crippen LogP contribution in [0.4, 0.5) is 0 Å². The third kappa shape index (κ3) is 4.53. The Bertz CT molecular complexity index is 723. The van der Waals surface area contributed by atoms with Crippen molar-refractivity contribution in [3.63, 3.8) is 0 Å². The number of rotatable bonds is 5. The van der Waals surface area contributed by atoms with Gasteiger partial charge in [0.1, 0.15) is 11.4 Å². The van der Waals surface area contributed by atoms with E-state index in [2.05, 4.69) is 4.98 Å². The number of piperidine rings is 1. The molecule has 0 saturated carbocycles. The first-order valence-electron chi connectivity index (χ1n) is 7.97. The summed E-state index contributed by atoms with van der Waals surface area (Å²) in [6.45, 7) is 3.89. The summed E-state index contributed by atoms with van der Waals surface area (Å²) in [5, 5.41) is 0. The Morgan fingerprint density at radius 2 is 1.88 bits per heavy atom. The van der Waals surface area contributed by atoms with Crippen molar-refractivity contribution in [2.24, 2.45) is 5.73 Å². The summed E-state index contributed by atoms with van der Waals surface area (Å²) in [4.78, 5) is 29.2. The molecular formula is C16H23N3O4S. The fourth-order valence-electron chi connectivity index (χ4n) is 3.15. The second kappa shape index (κ2) is 7.29. The number of nitrogens with two attached hydrogens (primary N) is 1. The van der Waals surface area contributed by atoms with Crippen LogP contribution < -0.4 is 5.73 Å². The Morgan fingerprint density at radius 1 is 1.25 bits per heavy atom. The van der Waals surface area contributed by atoms with Crippen molar-refractivity contribution in [3.8, 4) is 0 Å². The Kier molecular flexibility index (Phi) is 5.58. The van der Waals surface area contributed by atoms with Crippen LogP contribution in [0.1, 0.15) is 49.3 Å². The molecule has 2 N–H and O–H groups in total. The van der Waals surface area contributed by atoms with Gasteiger partial charge in [0.2, 0.25) is 5.91 Å². The Hall–Kier alpha value is -1.96. The van der Waals surface area contributed by atoms with E-state index in [1.54, 1.807) is 4.90 Å². The van der Waals surface area contributed by atoms with E-state index >= 15 is 0 Å². The molecule has 0 aliphatic carbocycles. The number of pyridine rings is 1. The van der Waals surface area contributed by atoms with Crippen LogP contribution in [0.5, 0.6) is 0 Å². The molecule has 2 heterocycles. The van der Waals surface area contributed by atoms with E-state index in [9.17, 15) is 18.0 Å². The molecule has 8 heteroatoms. The summed E-state index contributed by atoms with van der Waals surface area (Å²) in [6.07, 6.45) is 2.82. The van der Waals surface area contributed by atoms with Gasteiger partial charge in [-0.15, -0.1) is 0 Å². The molecule has 24 heavy (non-hydrogen) atoms. The molecule has 1 saturated heterocycles. The second-order valence-corrected chi connectivity index (χ2v) is 8.41. The lowest BCUT2D eigenvalue weighted by Gasteiger charge is -2.39. The number of likely N-dealkylation sites (tertiary alicyclic amines) is 1. The minimum Gasteiger partial charge on any atom is -0.364 e. The lowest BCUT2D eigenvalue weighted by molar-refractivity contribution is -0.134. The standard InChI is InChI=1S/C16H23N3O4S/c1-11-5-3-6-12(2)19(11)15(20)10-24(22,23)9-13-7-4-8-14(18-13)16(17)21/h4,7-8,11-12H,3,5-6,9-10H2,1-2H3,(H2,17,21)/t11-,12+. The van der Waals surface area contributed by atoms with E-state index in [0.29, 0.717) is 0 Å². The summed E-state index contributed by atoms with van der Waals surface area (Å²) >= 11 is 0. The minimum absolute atomic E-state index is 0.00676. The quantitative estimate of drug-likeness (QED) is 0.845. The Balaban J connectivity index is 2.09. The zero-order valence-electron chi connectivity index (χ0n) is 13.9. The molecule has 1 aromatic rings. The van der Waals surface area contributed by atoms with Crippen molar-refractivity contribution < 1.29 is 18.0 Å². The van der Waals surface area contributed by atoms with Crippen molar-refractivity contribution >= 4 is 21.7 Å². The number of carbonyl (C=O) groups is 2. The lowest BCUT2D eigenvalue weighted by Crippen LogP contribution is -2.49.